The third-order valence-corrected chi connectivity index (χ3v) is 1.74. The van der Waals surface area contributed by atoms with Crippen LogP contribution in [-0.4, -0.2) is 29.8 Å². The van der Waals surface area contributed by atoms with Gasteiger partial charge in [0.15, 0.2) is 0 Å². The van der Waals surface area contributed by atoms with Crippen LogP contribution in [0.5, 0.6) is 0 Å². The quantitative estimate of drug-likeness (QED) is 0.457. The maximum atomic E-state index is 11.2. The molecule has 70 valence electrons. The maximum absolute atomic E-state index is 11.2. The number of hydrogen-bond donors (Lipinski definition) is 2. The molecule has 0 spiro atoms. The summed E-state index contributed by atoms with van der Waals surface area (Å²) in [6.07, 6.45) is 3.14. The summed E-state index contributed by atoms with van der Waals surface area (Å²) in [4.78, 5) is 22.4. The van der Waals surface area contributed by atoms with Crippen LogP contribution in [0.2, 0.25) is 0 Å². The van der Waals surface area contributed by atoms with Gasteiger partial charge in [0, 0.05) is 12.1 Å². The van der Waals surface area contributed by atoms with Gasteiger partial charge in [-0.05, 0) is 13.0 Å². The Bertz CT molecular complexity index is 302. The van der Waals surface area contributed by atoms with Crippen molar-refractivity contribution in [1.82, 2.24) is 5.32 Å². The lowest BCUT2D eigenvalue weighted by atomic mass is 10.0. The highest BCUT2D eigenvalue weighted by Crippen LogP contribution is 2.08. The van der Waals surface area contributed by atoms with Gasteiger partial charge in [-0.3, -0.25) is 9.59 Å². The highest BCUT2D eigenvalue weighted by molar-refractivity contribution is 6.49. The molecule has 0 amide bonds. The van der Waals surface area contributed by atoms with Crippen molar-refractivity contribution in [1.29, 1.82) is 0 Å². The summed E-state index contributed by atoms with van der Waals surface area (Å²) in [6.45, 7) is 1.80. The van der Waals surface area contributed by atoms with Gasteiger partial charge in [0.05, 0.1) is 12.3 Å². The minimum atomic E-state index is -0.534. The monoisotopic (exact) mass is 181 g/mol. The molecule has 0 saturated heterocycles. The van der Waals surface area contributed by atoms with E-state index >= 15 is 0 Å². The molecule has 0 heterocycles. The molecule has 0 aromatic rings. The maximum Gasteiger partial charge on any atom is 0.248 e. The molecule has 0 fully saturated rings. The Hall–Kier alpha value is -1.42. The van der Waals surface area contributed by atoms with Crippen molar-refractivity contribution in [3.63, 3.8) is 0 Å². The largest absolute Gasteiger partial charge is 0.395 e. The van der Waals surface area contributed by atoms with Gasteiger partial charge in [-0.15, -0.1) is 0 Å². The van der Waals surface area contributed by atoms with Crippen LogP contribution in [0.3, 0.4) is 0 Å². The average molecular weight is 181 g/mol. The number of Topliss-reactive ketones (excluding diaryl/α,β-unsaturated/α-hetero) is 2. The van der Waals surface area contributed by atoms with Gasteiger partial charge in [0.2, 0.25) is 11.6 Å². The van der Waals surface area contributed by atoms with Crippen molar-refractivity contribution < 1.29 is 14.7 Å². The normalized spacial score (nSPS) is 16.8. The van der Waals surface area contributed by atoms with Crippen molar-refractivity contribution in [3.8, 4) is 0 Å². The van der Waals surface area contributed by atoms with E-state index in [0.29, 0.717) is 5.57 Å². The standard InChI is InChI=1S/C9H11NO3/c1-6-2-3-7(10-4-5-11)9(13)8(6)12/h2-3,10-11H,4-5H2,1H3. The molecule has 1 aliphatic carbocycles. The third kappa shape index (κ3) is 2.03. The van der Waals surface area contributed by atoms with Crippen LogP contribution in [0.25, 0.3) is 0 Å². The summed E-state index contributed by atoms with van der Waals surface area (Å²) in [5, 5.41) is 11.2. The lowest BCUT2D eigenvalue weighted by Gasteiger charge is -2.10. The lowest BCUT2D eigenvalue weighted by Crippen LogP contribution is -2.30. The number of aliphatic hydroxyl groups is 1. The third-order valence-electron chi connectivity index (χ3n) is 1.74. The Morgan fingerprint density at radius 1 is 1.31 bits per heavy atom. The van der Waals surface area contributed by atoms with Crippen molar-refractivity contribution in [2.45, 2.75) is 6.92 Å². The summed E-state index contributed by atoms with van der Waals surface area (Å²) in [6, 6.07) is 0. The van der Waals surface area contributed by atoms with Crippen LogP contribution < -0.4 is 5.32 Å². The number of ketones is 2. The molecule has 0 aromatic carbocycles. The molecular formula is C9H11NO3. The first-order valence-corrected chi connectivity index (χ1v) is 3.99. The summed E-state index contributed by atoms with van der Waals surface area (Å²) in [5.41, 5.74) is 0.698. The van der Waals surface area contributed by atoms with Crippen LogP contribution in [-0.2, 0) is 9.59 Å². The number of hydrogen-bond acceptors (Lipinski definition) is 4. The predicted molar refractivity (Wildman–Crippen MR) is 46.9 cm³/mol. The fourth-order valence-electron chi connectivity index (χ4n) is 0.991. The van der Waals surface area contributed by atoms with Gasteiger partial charge < -0.3 is 10.4 Å². The molecule has 13 heavy (non-hydrogen) atoms. The van der Waals surface area contributed by atoms with Crippen LogP contribution in [0.4, 0.5) is 0 Å². The Morgan fingerprint density at radius 3 is 2.62 bits per heavy atom. The van der Waals surface area contributed by atoms with Crippen molar-refractivity contribution >= 4 is 11.6 Å². The van der Waals surface area contributed by atoms with E-state index in [9.17, 15) is 9.59 Å². The van der Waals surface area contributed by atoms with Crippen molar-refractivity contribution in [2.24, 2.45) is 0 Å². The number of carbonyl (C=O) groups excluding carboxylic acids is 2. The second-order valence-electron chi connectivity index (χ2n) is 2.74. The van der Waals surface area contributed by atoms with E-state index in [2.05, 4.69) is 5.32 Å². The topological polar surface area (TPSA) is 66.4 Å². The van der Waals surface area contributed by atoms with Gasteiger partial charge in [-0.25, -0.2) is 0 Å². The first kappa shape index (κ1) is 9.67. The van der Waals surface area contributed by atoms with Gasteiger partial charge in [0.1, 0.15) is 0 Å². The Labute approximate surface area is 75.9 Å². The summed E-state index contributed by atoms with van der Waals surface area (Å²) >= 11 is 0. The zero-order chi connectivity index (χ0) is 9.84. The van der Waals surface area contributed by atoms with Gasteiger partial charge >= 0.3 is 0 Å². The van der Waals surface area contributed by atoms with E-state index in [-0.39, 0.29) is 18.8 Å². The highest BCUT2D eigenvalue weighted by Gasteiger charge is 2.22. The molecule has 0 aliphatic heterocycles. The summed E-state index contributed by atoms with van der Waals surface area (Å²) in [7, 11) is 0. The van der Waals surface area contributed by atoms with E-state index < -0.39 is 11.6 Å². The first-order chi connectivity index (χ1) is 6.16. The SMILES string of the molecule is CC1=CC=C(NCCO)C(=O)C1=O. The second kappa shape index (κ2) is 4.00. The zero-order valence-electron chi connectivity index (χ0n) is 7.33. The molecule has 0 unspecified atom stereocenters. The average Bonchev–Trinajstić information content (AvgIpc) is 2.13. The molecule has 1 aliphatic rings. The molecule has 2 N–H and O–H groups in total. The van der Waals surface area contributed by atoms with Crippen LogP contribution >= 0.6 is 0 Å². The number of carbonyl (C=O) groups is 2. The minimum Gasteiger partial charge on any atom is -0.395 e. The molecule has 0 bridgehead atoms. The van der Waals surface area contributed by atoms with Gasteiger partial charge in [-0.2, -0.15) is 0 Å². The van der Waals surface area contributed by atoms with E-state index in [1.165, 1.54) is 0 Å². The first-order valence-electron chi connectivity index (χ1n) is 3.99. The molecule has 1 rings (SSSR count). The molecule has 0 atom stereocenters. The molecule has 4 heteroatoms. The fraction of sp³-hybridized carbons (Fsp3) is 0.333. The number of aliphatic hydroxyl groups excluding tert-OH is 1. The number of allylic oxidation sites excluding steroid dienone is 4. The van der Waals surface area contributed by atoms with E-state index in [1.54, 1.807) is 19.1 Å². The predicted octanol–water partition coefficient (Wildman–Crippen LogP) is -0.450. The van der Waals surface area contributed by atoms with E-state index in [1.807, 2.05) is 0 Å². The van der Waals surface area contributed by atoms with Crippen LogP contribution in [0.1, 0.15) is 6.92 Å². The second-order valence-corrected chi connectivity index (χ2v) is 2.74. The van der Waals surface area contributed by atoms with Crippen molar-refractivity contribution in [3.05, 3.63) is 23.4 Å². The van der Waals surface area contributed by atoms with E-state index in [4.69, 9.17) is 5.11 Å². The van der Waals surface area contributed by atoms with Crippen LogP contribution in [0, 0.1) is 0 Å². The Kier molecular flexibility index (Phi) is 2.97. The zero-order valence-corrected chi connectivity index (χ0v) is 7.33. The summed E-state index contributed by atoms with van der Waals surface area (Å²) in [5.74, 6) is -1.02. The van der Waals surface area contributed by atoms with Gasteiger partial charge in [0.25, 0.3) is 0 Å². The highest BCUT2D eigenvalue weighted by atomic mass is 16.3. The minimum absolute atomic E-state index is 0.0679. The molecule has 0 saturated carbocycles. The molecule has 0 radical (unpaired) electrons. The van der Waals surface area contributed by atoms with Crippen molar-refractivity contribution in [2.75, 3.05) is 13.2 Å². The molecule has 4 nitrogen and oxygen atoms in total. The Morgan fingerprint density at radius 2 is 2.00 bits per heavy atom. The van der Waals surface area contributed by atoms with Crippen LogP contribution in [0.15, 0.2) is 23.4 Å². The van der Waals surface area contributed by atoms with E-state index in [0.717, 1.165) is 0 Å². The molecule has 0 aromatic heterocycles. The summed E-state index contributed by atoms with van der Waals surface area (Å²) < 4.78 is 0. The fourth-order valence-corrected chi connectivity index (χ4v) is 0.991. The number of nitrogens with one attached hydrogen (secondary N) is 1. The smallest absolute Gasteiger partial charge is 0.248 e. The number of rotatable bonds is 3. The van der Waals surface area contributed by atoms with Gasteiger partial charge in [-0.1, -0.05) is 6.08 Å². The molecular weight excluding hydrogens is 170 g/mol. The lowest BCUT2D eigenvalue weighted by molar-refractivity contribution is -0.132. The Balaban J connectivity index is 2.75.